The maximum Gasteiger partial charge on any atom is 0.250 e. The van der Waals surface area contributed by atoms with E-state index in [1.165, 1.54) is 0 Å². The lowest BCUT2D eigenvalue weighted by molar-refractivity contribution is 0.145. The molecule has 0 heterocycles. The monoisotopic (exact) mass is 215 g/mol. The number of methoxy groups -OCH3 is 1. The Labute approximate surface area is 88.3 Å². The highest BCUT2D eigenvalue weighted by Gasteiger charge is 2.00. The summed E-state index contributed by atoms with van der Waals surface area (Å²) < 4.78 is 28.6. The molecular weight excluding hydrogens is 200 g/mol. The van der Waals surface area contributed by atoms with Crippen LogP contribution in [0.15, 0.2) is 24.3 Å². The summed E-state index contributed by atoms with van der Waals surface area (Å²) >= 11 is 0. The highest BCUT2D eigenvalue weighted by molar-refractivity contribution is 5.21. The number of alkyl halides is 2. The first-order chi connectivity index (χ1) is 7.22. The third kappa shape index (κ3) is 4.85. The van der Waals surface area contributed by atoms with Gasteiger partial charge in [-0.2, -0.15) is 0 Å². The van der Waals surface area contributed by atoms with Crippen LogP contribution in [0.1, 0.15) is 11.1 Å². The number of benzene rings is 1. The van der Waals surface area contributed by atoms with Gasteiger partial charge in [-0.05, 0) is 11.1 Å². The molecule has 0 unspecified atom stereocenters. The van der Waals surface area contributed by atoms with Crippen LogP contribution in [0.5, 0.6) is 0 Å². The fourth-order valence-corrected chi connectivity index (χ4v) is 1.25. The quantitative estimate of drug-likeness (QED) is 0.785. The van der Waals surface area contributed by atoms with E-state index in [1.807, 2.05) is 24.3 Å². The SMILES string of the molecule is COCc1ccc(CNCC(F)F)cc1. The zero-order valence-electron chi connectivity index (χ0n) is 8.67. The van der Waals surface area contributed by atoms with Gasteiger partial charge >= 0.3 is 0 Å². The van der Waals surface area contributed by atoms with E-state index in [-0.39, 0.29) is 6.54 Å². The van der Waals surface area contributed by atoms with Crippen LogP contribution in [0.4, 0.5) is 8.78 Å². The molecule has 4 heteroatoms. The molecule has 84 valence electrons. The third-order valence-electron chi connectivity index (χ3n) is 1.96. The second kappa shape index (κ2) is 6.48. The van der Waals surface area contributed by atoms with Crippen LogP contribution >= 0.6 is 0 Å². The molecule has 0 spiro atoms. The third-order valence-corrected chi connectivity index (χ3v) is 1.96. The topological polar surface area (TPSA) is 21.3 Å². The Hall–Kier alpha value is -1.00. The maximum atomic E-state index is 11.8. The molecule has 0 aliphatic carbocycles. The second-order valence-electron chi connectivity index (χ2n) is 3.27. The Morgan fingerprint density at radius 3 is 2.33 bits per heavy atom. The van der Waals surface area contributed by atoms with Crippen molar-refractivity contribution in [3.8, 4) is 0 Å². The van der Waals surface area contributed by atoms with Crippen molar-refractivity contribution in [2.75, 3.05) is 13.7 Å². The molecule has 0 bridgehead atoms. The van der Waals surface area contributed by atoms with Gasteiger partial charge in [0.25, 0.3) is 6.43 Å². The first-order valence-electron chi connectivity index (χ1n) is 4.78. The Morgan fingerprint density at radius 2 is 1.80 bits per heavy atom. The molecule has 0 saturated carbocycles. The number of rotatable bonds is 6. The average Bonchev–Trinajstić information content (AvgIpc) is 2.20. The fourth-order valence-electron chi connectivity index (χ4n) is 1.25. The number of nitrogens with one attached hydrogen (secondary N) is 1. The van der Waals surface area contributed by atoms with E-state index in [1.54, 1.807) is 7.11 Å². The summed E-state index contributed by atoms with van der Waals surface area (Å²) in [6, 6.07) is 7.69. The van der Waals surface area contributed by atoms with Gasteiger partial charge in [0.05, 0.1) is 13.2 Å². The minimum Gasteiger partial charge on any atom is -0.380 e. The molecule has 0 atom stereocenters. The summed E-state index contributed by atoms with van der Waals surface area (Å²) in [6.07, 6.45) is -2.29. The first kappa shape index (κ1) is 12.1. The molecule has 0 aromatic heterocycles. The average molecular weight is 215 g/mol. The Bertz CT molecular complexity index is 274. The van der Waals surface area contributed by atoms with E-state index in [2.05, 4.69) is 5.32 Å². The lowest BCUT2D eigenvalue weighted by Gasteiger charge is -2.05. The molecule has 2 nitrogen and oxygen atoms in total. The molecule has 0 radical (unpaired) electrons. The van der Waals surface area contributed by atoms with Gasteiger partial charge in [0.1, 0.15) is 0 Å². The van der Waals surface area contributed by atoms with Crippen molar-refractivity contribution in [2.24, 2.45) is 0 Å². The van der Waals surface area contributed by atoms with Crippen LogP contribution in [0, 0.1) is 0 Å². The van der Waals surface area contributed by atoms with Crippen molar-refractivity contribution < 1.29 is 13.5 Å². The smallest absolute Gasteiger partial charge is 0.250 e. The predicted octanol–water partition coefficient (Wildman–Crippen LogP) is 2.19. The summed E-state index contributed by atoms with van der Waals surface area (Å²) in [5, 5.41) is 2.67. The normalized spacial score (nSPS) is 10.9. The maximum absolute atomic E-state index is 11.8. The van der Waals surface area contributed by atoms with Gasteiger partial charge in [-0.3, -0.25) is 0 Å². The molecule has 1 N–H and O–H groups in total. The molecular formula is C11H15F2NO. The molecule has 1 aromatic carbocycles. The van der Waals surface area contributed by atoms with Crippen molar-refractivity contribution in [2.45, 2.75) is 19.6 Å². The van der Waals surface area contributed by atoms with Crippen molar-refractivity contribution >= 4 is 0 Å². The van der Waals surface area contributed by atoms with Gasteiger partial charge in [-0.15, -0.1) is 0 Å². The van der Waals surface area contributed by atoms with Gasteiger partial charge in [0.15, 0.2) is 0 Å². The Morgan fingerprint density at radius 1 is 1.20 bits per heavy atom. The van der Waals surface area contributed by atoms with E-state index in [0.717, 1.165) is 11.1 Å². The van der Waals surface area contributed by atoms with E-state index in [0.29, 0.717) is 13.2 Å². The Kier molecular flexibility index (Phi) is 5.21. The van der Waals surface area contributed by atoms with Crippen LogP contribution in [-0.2, 0) is 17.9 Å². The molecule has 0 aliphatic rings. The number of ether oxygens (including phenoxy) is 1. The van der Waals surface area contributed by atoms with E-state index >= 15 is 0 Å². The van der Waals surface area contributed by atoms with E-state index < -0.39 is 6.43 Å². The minimum absolute atomic E-state index is 0.264. The first-order valence-corrected chi connectivity index (χ1v) is 4.78. The van der Waals surface area contributed by atoms with Gasteiger partial charge < -0.3 is 10.1 Å². The summed E-state index contributed by atoms with van der Waals surface area (Å²) in [7, 11) is 1.64. The van der Waals surface area contributed by atoms with Crippen molar-refractivity contribution in [3.05, 3.63) is 35.4 Å². The van der Waals surface area contributed by atoms with Crippen molar-refractivity contribution in [3.63, 3.8) is 0 Å². The van der Waals surface area contributed by atoms with Crippen LogP contribution in [0.25, 0.3) is 0 Å². The van der Waals surface area contributed by atoms with Crippen LogP contribution < -0.4 is 5.32 Å². The molecule has 15 heavy (non-hydrogen) atoms. The predicted molar refractivity (Wildman–Crippen MR) is 54.9 cm³/mol. The summed E-state index contributed by atoms with van der Waals surface area (Å²) in [4.78, 5) is 0. The summed E-state index contributed by atoms with van der Waals surface area (Å²) in [5.41, 5.74) is 2.07. The number of hydrogen-bond donors (Lipinski definition) is 1. The van der Waals surface area contributed by atoms with Crippen LogP contribution in [-0.4, -0.2) is 20.1 Å². The molecule has 0 amide bonds. The lowest BCUT2D eigenvalue weighted by Crippen LogP contribution is -2.20. The minimum atomic E-state index is -2.29. The van der Waals surface area contributed by atoms with E-state index in [4.69, 9.17) is 4.74 Å². The van der Waals surface area contributed by atoms with Gasteiger partial charge in [0.2, 0.25) is 0 Å². The molecule has 0 fully saturated rings. The molecule has 0 saturated heterocycles. The molecule has 0 aliphatic heterocycles. The Balaban J connectivity index is 2.36. The standard InChI is InChI=1S/C11H15F2NO/c1-15-8-10-4-2-9(3-5-10)6-14-7-11(12)13/h2-5,11,14H,6-8H2,1H3. The molecule has 1 aromatic rings. The summed E-state index contributed by atoms with van der Waals surface area (Å²) in [6.45, 7) is 0.780. The van der Waals surface area contributed by atoms with Crippen molar-refractivity contribution in [1.29, 1.82) is 0 Å². The zero-order valence-corrected chi connectivity index (χ0v) is 8.67. The van der Waals surface area contributed by atoms with Crippen LogP contribution in [0.2, 0.25) is 0 Å². The number of hydrogen-bond acceptors (Lipinski definition) is 2. The number of halogens is 2. The van der Waals surface area contributed by atoms with Gasteiger partial charge in [0, 0.05) is 13.7 Å². The highest BCUT2D eigenvalue weighted by Crippen LogP contribution is 2.05. The molecule has 1 rings (SSSR count). The second-order valence-corrected chi connectivity index (χ2v) is 3.27. The van der Waals surface area contributed by atoms with Crippen LogP contribution in [0.3, 0.4) is 0 Å². The summed E-state index contributed by atoms with van der Waals surface area (Å²) in [5.74, 6) is 0. The van der Waals surface area contributed by atoms with Gasteiger partial charge in [-0.25, -0.2) is 8.78 Å². The zero-order chi connectivity index (χ0) is 11.1. The lowest BCUT2D eigenvalue weighted by atomic mass is 10.1. The fraction of sp³-hybridized carbons (Fsp3) is 0.455. The van der Waals surface area contributed by atoms with Crippen molar-refractivity contribution in [1.82, 2.24) is 5.32 Å². The van der Waals surface area contributed by atoms with E-state index in [9.17, 15) is 8.78 Å². The van der Waals surface area contributed by atoms with Gasteiger partial charge in [-0.1, -0.05) is 24.3 Å². The largest absolute Gasteiger partial charge is 0.380 e. The highest BCUT2D eigenvalue weighted by atomic mass is 19.3.